The van der Waals surface area contributed by atoms with Crippen LogP contribution in [0, 0.1) is 0 Å². The minimum Gasteiger partial charge on any atom is -0.320 e. The van der Waals surface area contributed by atoms with E-state index in [1.54, 1.807) is 12.2 Å². The molecule has 6 heteroatoms. The molecule has 0 atom stereocenters. The first kappa shape index (κ1) is 19.6. The van der Waals surface area contributed by atoms with E-state index in [9.17, 15) is 14.4 Å². The van der Waals surface area contributed by atoms with Crippen molar-refractivity contribution >= 4 is 23.5 Å². The van der Waals surface area contributed by atoms with Gasteiger partial charge < -0.3 is 4.90 Å². The standard InChI is InChI=1S/C24H23N3O3/c1-24(2)18-11-7-8-12-19(18)27-14-13-16(15-20(24)27)9-5-6-10-17-21(28)25(3)23(30)26(4)22(17)29/h5-15H,1-4H3/b6-5+,16-9-. The number of fused-ring (bicyclic) bond motifs is 3. The SMILES string of the molecule is CN1C(=O)C(=C/C=C/C=C2/C=CN3C(=C2)C(C)(C)c2ccccc23)C(=O)N(C)C1=O. The van der Waals surface area contributed by atoms with Gasteiger partial charge in [-0.15, -0.1) is 0 Å². The van der Waals surface area contributed by atoms with Gasteiger partial charge in [0.05, 0.1) is 0 Å². The van der Waals surface area contributed by atoms with E-state index < -0.39 is 17.8 Å². The summed E-state index contributed by atoms with van der Waals surface area (Å²) in [5, 5.41) is 0. The topological polar surface area (TPSA) is 60.9 Å². The van der Waals surface area contributed by atoms with Crippen molar-refractivity contribution in [2.45, 2.75) is 19.3 Å². The minimum atomic E-state index is -0.628. The number of allylic oxidation sites excluding steroid dienone is 8. The van der Waals surface area contributed by atoms with Gasteiger partial charge in [-0.2, -0.15) is 0 Å². The molecule has 3 heterocycles. The van der Waals surface area contributed by atoms with E-state index in [0.717, 1.165) is 15.4 Å². The van der Waals surface area contributed by atoms with E-state index in [2.05, 4.69) is 49.2 Å². The van der Waals surface area contributed by atoms with Crippen LogP contribution in [0.15, 0.2) is 83.8 Å². The van der Waals surface area contributed by atoms with Crippen molar-refractivity contribution in [1.29, 1.82) is 0 Å². The molecule has 0 bridgehead atoms. The molecule has 4 amide bonds. The van der Waals surface area contributed by atoms with Crippen LogP contribution in [-0.2, 0) is 15.0 Å². The molecular formula is C24H23N3O3. The monoisotopic (exact) mass is 401 g/mol. The molecule has 0 N–H and O–H groups in total. The normalized spacial score (nSPS) is 21.5. The van der Waals surface area contributed by atoms with E-state index in [-0.39, 0.29) is 11.0 Å². The maximum absolute atomic E-state index is 12.2. The molecule has 1 saturated heterocycles. The van der Waals surface area contributed by atoms with Gasteiger partial charge in [0, 0.05) is 37.1 Å². The summed E-state index contributed by atoms with van der Waals surface area (Å²) >= 11 is 0. The van der Waals surface area contributed by atoms with Crippen LogP contribution in [0.2, 0.25) is 0 Å². The summed E-state index contributed by atoms with van der Waals surface area (Å²) in [6.07, 6.45) is 13.0. The molecule has 0 aromatic heterocycles. The molecular weight excluding hydrogens is 378 g/mol. The fourth-order valence-electron chi connectivity index (χ4n) is 3.97. The molecule has 3 aliphatic rings. The average Bonchev–Trinajstić information content (AvgIpc) is 2.97. The Morgan fingerprint density at radius 1 is 0.900 bits per heavy atom. The Bertz CT molecular complexity index is 1090. The smallest absolute Gasteiger partial charge is 0.320 e. The average molecular weight is 401 g/mol. The van der Waals surface area contributed by atoms with Crippen LogP contribution in [0.4, 0.5) is 10.5 Å². The number of urea groups is 1. The first-order valence-electron chi connectivity index (χ1n) is 9.71. The van der Waals surface area contributed by atoms with Crippen LogP contribution in [0.25, 0.3) is 0 Å². The van der Waals surface area contributed by atoms with Crippen LogP contribution in [0.5, 0.6) is 0 Å². The molecule has 0 spiro atoms. The van der Waals surface area contributed by atoms with Crippen molar-refractivity contribution in [3.05, 3.63) is 89.3 Å². The molecule has 3 aliphatic heterocycles. The number of carbonyl (C=O) groups excluding carboxylic acids is 3. The molecule has 6 nitrogen and oxygen atoms in total. The lowest BCUT2D eigenvalue weighted by Crippen LogP contribution is -2.52. The van der Waals surface area contributed by atoms with Gasteiger partial charge in [0.15, 0.2) is 0 Å². The number of hydrogen-bond acceptors (Lipinski definition) is 4. The minimum absolute atomic E-state index is 0.0367. The fraction of sp³-hybridized carbons (Fsp3) is 0.208. The van der Waals surface area contributed by atoms with Gasteiger partial charge in [0.2, 0.25) is 0 Å². The molecule has 30 heavy (non-hydrogen) atoms. The summed E-state index contributed by atoms with van der Waals surface area (Å²) in [7, 11) is 2.72. The van der Waals surface area contributed by atoms with Crippen LogP contribution < -0.4 is 4.90 Å². The van der Waals surface area contributed by atoms with E-state index in [1.807, 2.05) is 18.2 Å². The molecule has 1 aromatic carbocycles. The number of imide groups is 2. The van der Waals surface area contributed by atoms with E-state index in [0.29, 0.717) is 0 Å². The van der Waals surface area contributed by atoms with Crippen LogP contribution in [-0.4, -0.2) is 41.7 Å². The molecule has 1 aromatic rings. The number of nitrogens with zero attached hydrogens (tertiary/aromatic N) is 3. The maximum atomic E-state index is 12.2. The van der Waals surface area contributed by atoms with Crippen molar-refractivity contribution in [3.8, 4) is 0 Å². The number of carbonyl (C=O) groups is 3. The van der Waals surface area contributed by atoms with E-state index in [4.69, 9.17) is 0 Å². The zero-order valence-corrected chi connectivity index (χ0v) is 17.4. The zero-order chi connectivity index (χ0) is 21.6. The Morgan fingerprint density at radius 3 is 2.23 bits per heavy atom. The lowest BCUT2D eigenvalue weighted by molar-refractivity contribution is -0.134. The highest BCUT2D eigenvalue weighted by molar-refractivity contribution is 6.28. The molecule has 0 unspecified atom stereocenters. The van der Waals surface area contributed by atoms with Crippen molar-refractivity contribution in [2.24, 2.45) is 0 Å². The third kappa shape index (κ3) is 2.92. The second kappa shape index (κ2) is 6.99. The fourth-order valence-corrected chi connectivity index (χ4v) is 3.97. The molecule has 0 aliphatic carbocycles. The van der Waals surface area contributed by atoms with Crippen molar-refractivity contribution in [3.63, 3.8) is 0 Å². The van der Waals surface area contributed by atoms with Crippen LogP contribution in [0.1, 0.15) is 19.4 Å². The highest BCUT2D eigenvalue weighted by Crippen LogP contribution is 2.49. The Labute approximate surface area is 175 Å². The predicted molar refractivity (Wildman–Crippen MR) is 115 cm³/mol. The molecule has 0 saturated carbocycles. The number of amides is 4. The number of benzene rings is 1. The Morgan fingerprint density at radius 2 is 1.53 bits per heavy atom. The number of barbiturate groups is 1. The van der Waals surface area contributed by atoms with Crippen molar-refractivity contribution < 1.29 is 14.4 Å². The second-order valence-corrected chi connectivity index (χ2v) is 8.00. The van der Waals surface area contributed by atoms with Gasteiger partial charge in [-0.05, 0) is 35.4 Å². The number of para-hydroxylation sites is 1. The van der Waals surface area contributed by atoms with Gasteiger partial charge in [-0.25, -0.2) is 4.79 Å². The molecule has 152 valence electrons. The second-order valence-electron chi connectivity index (χ2n) is 8.00. The van der Waals surface area contributed by atoms with Gasteiger partial charge in [0.1, 0.15) is 5.57 Å². The first-order chi connectivity index (χ1) is 14.2. The highest BCUT2D eigenvalue weighted by atomic mass is 16.2. The summed E-state index contributed by atoms with van der Waals surface area (Å²) < 4.78 is 0. The van der Waals surface area contributed by atoms with Gasteiger partial charge >= 0.3 is 6.03 Å². The first-order valence-corrected chi connectivity index (χ1v) is 9.71. The molecule has 0 radical (unpaired) electrons. The van der Waals surface area contributed by atoms with Gasteiger partial charge in [0.25, 0.3) is 11.8 Å². The van der Waals surface area contributed by atoms with E-state index >= 15 is 0 Å². The van der Waals surface area contributed by atoms with Crippen molar-refractivity contribution in [2.75, 3.05) is 19.0 Å². The number of anilines is 1. The maximum Gasteiger partial charge on any atom is 0.333 e. The summed E-state index contributed by atoms with van der Waals surface area (Å²) in [5.74, 6) is -1.19. The molecule has 1 fully saturated rings. The Kier molecular flexibility index (Phi) is 4.57. The predicted octanol–water partition coefficient (Wildman–Crippen LogP) is 3.65. The third-order valence-electron chi connectivity index (χ3n) is 5.76. The number of hydrogen-bond donors (Lipinski definition) is 0. The van der Waals surface area contributed by atoms with Crippen molar-refractivity contribution in [1.82, 2.24) is 9.80 Å². The quantitative estimate of drug-likeness (QED) is 0.561. The van der Waals surface area contributed by atoms with E-state index in [1.165, 1.54) is 37.1 Å². The number of rotatable bonds is 2. The Balaban J connectivity index is 1.57. The lowest BCUT2D eigenvalue weighted by atomic mass is 9.83. The Hall–Kier alpha value is -3.67. The summed E-state index contributed by atoms with van der Waals surface area (Å²) in [5.41, 5.74) is 4.56. The summed E-state index contributed by atoms with van der Waals surface area (Å²) in [6, 6.07) is 7.77. The van der Waals surface area contributed by atoms with Gasteiger partial charge in [-0.1, -0.05) is 50.3 Å². The largest absolute Gasteiger partial charge is 0.333 e. The summed E-state index contributed by atoms with van der Waals surface area (Å²) in [6.45, 7) is 4.42. The van der Waals surface area contributed by atoms with Crippen LogP contribution >= 0.6 is 0 Å². The molecule has 4 rings (SSSR count). The summed E-state index contributed by atoms with van der Waals surface area (Å²) in [4.78, 5) is 40.3. The lowest BCUT2D eigenvalue weighted by Gasteiger charge is -2.28. The zero-order valence-electron chi connectivity index (χ0n) is 17.4. The number of likely N-dealkylation sites (N-methyl/N-ethyl adjacent to an activating group) is 2. The van der Waals surface area contributed by atoms with Gasteiger partial charge in [-0.3, -0.25) is 19.4 Å². The van der Waals surface area contributed by atoms with Crippen LogP contribution in [0.3, 0.4) is 0 Å². The highest BCUT2D eigenvalue weighted by Gasteiger charge is 2.40. The third-order valence-corrected chi connectivity index (χ3v) is 5.76.